The number of carbonyl (C=O) groups excluding carboxylic acids is 1. The van der Waals surface area contributed by atoms with Crippen LogP contribution in [0.2, 0.25) is 0 Å². The predicted octanol–water partition coefficient (Wildman–Crippen LogP) is 2.93. The number of hydrogen-bond acceptors (Lipinski definition) is 3. The Bertz CT molecular complexity index is 451. The summed E-state index contributed by atoms with van der Waals surface area (Å²) in [7, 11) is 0. The number of hydrogen-bond donors (Lipinski definition) is 2. The van der Waals surface area contributed by atoms with Crippen LogP contribution in [0.15, 0.2) is 29.2 Å². The van der Waals surface area contributed by atoms with E-state index in [1.165, 1.54) is 5.56 Å². The molecule has 0 aliphatic rings. The van der Waals surface area contributed by atoms with Gasteiger partial charge in [-0.3, -0.25) is 4.79 Å². The molecule has 1 amide bonds. The van der Waals surface area contributed by atoms with E-state index in [9.17, 15) is 4.79 Å². The van der Waals surface area contributed by atoms with Crippen LogP contribution in [0.1, 0.15) is 40.2 Å². The standard InChI is InChI=1S/C16H26N2OS/c1-6-18-16(5,14(17)19)11-20-13-9-7-12(8-10-13)15(2,3)4/h7-10,18H,6,11H2,1-5H3,(H2,17,19). The van der Waals surface area contributed by atoms with Crippen molar-refractivity contribution in [1.29, 1.82) is 0 Å². The normalized spacial score (nSPS) is 14.8. The number of primary amides is 1. The van der Waals surface area contributed by atoms with Crippen molar-refractivity contribution >= 4 is 17.7 Å². The molecule has 0 saturated heterocycles. The van der Waals surface area contributed by atoms with Gasteiger partial charge in [0.2, 0.25) is 5.91 Å². The van der Waals surface area contributed by atoms with Gasteiger partial charge in [-0.1, -0.05) is 39.8 Å². The number of carbonyl (C=O) groups is 1. The summed E-state index contributed by atoms with van der Waals surface area (Å²) >= 11 is 1.65. The Morgan fingerprint density at radius 1 is 1.20 bits per heavy atom. The lowest BCUT2D eigenvalue weighted by atomic mass is 9.87. The Balaban J connectivity index is 2.72. The molecule has 0 aromatic heterocycles. The van der Waals surface area contributed by atoms with Crippen LogP contribution in [0.3, 0.4) is 0 Å². The summed E-state index contributed by atoms with van der Waals surface area (Å²) in [5.74, 6) is 0.323. The molecule has 1 rings (SSSR count). The molecule has 3 nitrogen and oxygen atoms in total. The molecule has 1 unspecified atom stereocenters. The Kier molecular flexibility index (Phi) is 5.66. The van der Waals surface area contributed by atoms with E-state index in [2.05, 4.69) is 50.4 Å². The van der Waals surface area contributed by atoms with Crippen LogP contribution in [-0.4, -0.2) is 23.7 Å². The number of rotatable bonds is 6. The second-order valence-electron chi connectivity index (χ2n) is 6.29. The average Bonchev–Trinajstić information content (AvgIpc) is 2.36. The minimum absolute atomic E-state index is 0.161. The molecule has 112 valence electrons. The maximum Gasteiger partial charge on any atom is 0.238 e. The number of benzene rings is 1. The van der Waals surface area contributed by atoms with E-state index in [-0.39, 0.29) is 11.3 Å². The van der Waals surface area contributed by atoms with Crippen molar-refractivity contribution in [2.24, 2.45) is 5.73 Å². The van der Waals surface area contributed by atoms with Gasteiger partial charge in [0.05, 0.1) is 0 Å². The molecular formula is C16H26N2OS. The Morgan fingerprint density at radius 2 is 1.75 bits per heavy atom. The van der Waals surface area contributed by atoms with E-state index in [1.54, 1.807) is 11.8 Å². The quantitative estimate of drug-likeness (QED) is 0.793. The number of thioether (sulfide) groups is 1. The SMILES string of the molecule is CCNC(C)(CSc1ccc(C(C)(C)C)cc1)C(N)=O. The van der Waals surface area contributed by atoms with Crippen molar-refractivity contribution in [3.05, 3.63) is 29.8 Å². The number of amides is 1. The minimum atomic E-state index is -0.665. The molecule has 0 fully saturated rings. The molecule has 1 atom stereocenters. The van der Waals surface area contributed by atoms with E-state index in [0.717, 1.165) is 11.4 Å². The zero-order valence-electron chi connectivity index (χ0n) is 13.1. The average molecular weight is 294 g/mol. The second kappa shape index (κ2) is 6.64. The van der Waals surface area contributed by atoms with Gasteiger partial charge in [-0.05, 0) is 36.6 Å². The van der Waals surface area contributed by atoms with Gasteiger partial charge < -0.3 is 11.1 Å². The minimum Gasteiger partial charge on any atom is -0.368 e. The first kappa shape index (κ1) is 17.1. The third-order valence-corrected chi connectivity index (χ3v) is 4.69. The third kappa shape index (κ3) is 4.53. The van der Waals surface area contributed by atoms with Crippen LogP contribution in [0.5, 0.6) is 0 Å². The monoisotopic (exact) mass is 294 g/mol. The van der Waals surface area contributed by atoms with Gasteiger partial charge in [0.25, 0.3) is 0 Å². The van der Waals surface area contributed by atoms with Gasteiger partial charge in [0, 0.05) is 10.6 Å². The Morgan fingerprint density at radius 3 is 2.15 bits per heavy atom. The summed E-state index contributed by atoms with van der Waals surface area (Å²) in [5.41, 5.74) is 6.30. The van der Waals surface area contributed by atoms with Crippen molar-refractivity contribution < 1.29 is 4.79 Å². The summed E-state index contributed by atoms with van der Waals surface area (Å²) in [6.45, 7) is 11.2. The summed E-state index contributed by atoms with van der Waals surface area (Å²) in [4.78, 5) is 12.7. The van der Waals surface area contributed by atoms with Gasteiger partial charge in [-0.2, -0.15) is 0 Å². The van der Waals surface area contributed by atoms with E-state index in [0.29, 0.717) is 5.75 Å². The zero-order valence-corrected chi connectivity index (χ0v) is 13.9. The number of nitrogens with one attached hydrogen (secondary N) is 1. The highest BCUT2D eigenvalue weighted by atomic mass is 32.2. The molecule has 0 spiro atoms. The van der Waals surface area contributed by atoms with Crippen LogP contribution in [-0.2, 0) is 10.2 Å². The predicted molar refractivity (Wildman–Crippen MR) is 87.1 cm³/mol. The lowest BCUT2D eigenvalue weighted by Gasteiger charge is -2.26. The largest absolute Gasteiger partial charge is 0.368 e. The summed E-state index contributed by atoms with van der Waals surface area (Å²) in [6, 6.07) is 8.52. The van der Waals surface area contributed by atoms with Crippen LogP contribution in [0.4, 0.5) is 0 Å². The highest BCUT2D eigenvalue weighted by Crippen LogP contribution is 2.27. The summed E-state index contributed by atoms with van der Waals surface area (Å²) in [5, 5.41) is 3.17. The molecule has 20 heavy (non-hydrogen) atoms. The fourth-order valence-corrected chi connectivity index (χ4v) is 2.91. The molecule has 3 N–H and O–H groups in total. The maximum absolute atomic E-state index is 11.6. The first-order valence-corrected chi connectivity index (χ1v) is 7.96. The van der Waals surface area contributed by atoms with Gasteiger partial charge in [0.1, 0.15) is 5.54 Å². The van der Waals surface area contributed by atoms with Gasteiger partial charge in [0.15, 0.2) is 0 Å². The van der Waals surface area contributed by atoms with Crippen molar-refractivity contribution in [3.8, 4) is 0 Å². The van der Waals surface area contributed by atoms with Crippen molar-refractivity contribution in [1.82, 2.24) is 5.32 Å². The van der Waals surface area contributed by atoms with Crippen LogP contribution in [0.25, 0.3) is 0 Å². The molecule has 0 aliphatic heterocycles. The number of nitrogens with two attached hydrogens (primary N) is 1. The lowest BCUT2D eigenvalue weighted by Crippen LogP contribution is -2.55. The Labute approximate surface area is 126 Å². The summed E-state index contributed by atoms with van der Waals surface area (Å²) < 4.78 is 0. The number of likely N-dealkylation sites (N-methyl/N-ethyl adjacent to an activating group) is 1. The molecule has 1 aromatic rings. The van der Waals surface area contributed by atoms with Crippen molar-refractivity contribution in [2.45, 2.75) is 50.5 Å². The van der Waals surface area contributed by atoms with E-state index < -0.39 is 5.54 Å². The molecule has 0 heterocycles. The maximum atomic E-state index is 11.6. The molecule has 0 saturated carbocycles. The van der Waals surface area contributed by atoms with Gasteiger partial charge in [-0.25, -0.2) is 0 Å². The van der Waals surface area contributed by atoms with Crippen LogP contribution in [0, 0.1) is 0 Å². The van der Waals surface area contributed by atoms with Crippen molar-refractivity contribution in [3.63, 3.8) is 0 Å². The highest BCUT2D eigenvalue weighted by Gasteiger charge is 2.29. The highest BCUT2D eigenvalue weighted by molar-refractivity contribution is 7.99. The lowest BCUT2D eigenvalue weighted by molar-refractivity contribution is -0.122. The van der Waals surface area contributed by atoms with Gasteiger partial charge >= 0.3 is 0 Å². The van der Waals surface area contributed by atoms with E-state index in [1.807, 2.05) is 13.8 Å². The van der Waals surface area contributed by atoms with Crippen LogP contribution >= 0.6 is 11.8 Å². The van der Waals surface area contributed by atoms with Gasteiger partial charge in [-0.15, -0.1) is 11.8 Å². The molecule has 0 aliphatic carbocycles. The molecular weight excluding hydrogens is 268 g/mol. The molecule has 1 aromatic carbocycles. The molecule has 0 radical (unpaired) electrons. The smallest absolute Gasteiger partial charge is 0.238 e. The molecule has 4 heteroatoms. The fraction of sp³-hybridized carbons (Fsp3) is 0.562. The second-order valence-corrected chi connectivity index (χ2v) is 7.34. The molecule has 0 bridgehead atoms. The first-order valence-electron chi connectivity index (χ1n) is 6.97. The third-order valence-electron chi connectivity index (χ3n) is 3.36. The topological polar surface area (TPSA) is 55.1 Å². The first-order chi connectivity index (χ1) is 9.19. The van der Waals surface area contributed by atoms with E-state index >= 15 is 0 Å². The van der Waals surface area contributed by atoms with Crippen LogP contribution < -0.4 is 11.1 Å². The summed E-state index contributed by atoms with van der Waals surface area (Å²) in [6.07, 6.45) is 0. The Hall–Kier alpha value is -1.00. The van der Waals surface area contributed by atoms with Crippen molar-refractivity contribution in [2.75, 3.05) is 12.3 Å². The fourth-order valence-electron chi connectivity index (χ4n) is 1.88. The van der Waals surface area contributed by atoms with E-state index in [4.69, 9.17) is 5.73 Å². The zero-order chi connectivity index (χ0) is 15.4.